The number of rotatable bonds is 3. The van der Waals surface area contributed by atoms with Crippen molar-refractivity contribution in [1.82, 2.24) is 9.97 Å². The summed E-state index contributed by atoms with van der Waals surface area (Å²) in [4.78, 5) is 12.4. The fourth-order valence-corrected chi connectivity index (χ4v) is 2.75. The molecule has 0 bridgehead atoms. The van der Waals surface area contributed by atoms with Gasteiger partial charge in [0.05, 0.1) is 29.4 Å². The fraction of sp³-hybridized carbons (Fsp3) is 0.105. The number of benzene rings is 1. The second-order valence-corrected chi connectivity index (χ2v) is 5.74. The number of hydrogen-bond acceptors (Lipinski definition) is 4. The average Bonchev–Trinajstić information content (AvgIpc) is 3.05. The summed E-state index contributed by atoms with van der Waals surface area (Å²) in [6, 6.07) is 8.86. The number of halogens is 3. The Bertz CT molecular complexity index is 985. The van der Waals surface area contributed by atoms with Crippen LogP contribution >= 0.6 is 0 Å². The summed E-state index contributed by atoms with van der Waals surface area (Å²) in [5.74, 6) is 1.01. The lowest BCUT2D eigenvalue weighted by atomic mass is 10.0. The second kappa shape index (κ2) is 6.25. The van der Waals surface area contributed by atoms with E-state index in [0.29, 0.717) is 34.9 Å². The number of aromatic nitrogens is 2. The van der Waals surface area contributed by atoms with Crippen LogP contribution in [0.3, 0.4) is 0 Å². The van der Waals surface area contributed by atoms with Crippen molar-refractivity contribution in [3.8, 4) is 11.5 Å². The van der Waals surface area contributed by atoms with E-state index in [0.717, 1.165) is 17.7 Å². The molecular formula is C19H12F3N3O. The van der Waals surface area contributed by atoms with Gasteiger partial charge in [0.1, 0.15) is 5.75 Å². The van der Waals surface area contributed by atoms with Crippen molar-refractivity contribution in [2.75, 3.05) is 0 Å². The summed E-state index contributed by atoms with van der Waals surface area (Å²) in [7, 11) is 0. The molecule has 0 saturated heterocycles. The van der Waals surface area contributed by atoms with E-state index in [4.69, 9.17) is 4.74 Å². The Morgan fingerprint density at radius 2 is 1.81 bits per heavy atom. The van der Waals surface area contributed by atoms with Gasteiger partial charge in [-0.1, -0.05) is 6.07 Å². The molecule has 130 valence electrons. The van der Waals surface area contributed by atoms with Gasteiger partial charge in [-0.2, -0.15) is 13.2 Å². The van der Waals surface area contributed by atoms with Gasteiger partial charge in [0, 0.05) is 24.4 Å². The largest absolute Gasteiger partial charge is 0.453 e. The van der Waals surface area contributed by atoms with Gasteiger partial charge < -0.3 is 4.74 Å². The van der Waals surface area contributed by atoms with Crippen LogP contribution in [0.15, 0.2) is 66.2 Å². The molecule has 1 aliphatic heterocycles. The maximum absolute atomic E-state index is 12.9. The van der Waals surface area contributed by atoms with Crippen LogP contribution in [-0.2, 0) is 12.6 Å². The molecule has 0 atom stereocenters. The third-order valence-electron chi connectivity index (χ3n) is 3.98. The first-order chi connectivity index (χ1) is 12.5. The molecule has 26 heavy (non-hydrogen) atoms. The van der Waals surface area contributed by atoms with Crippen molar-refractivity contribution in [3.63, 3.8) is 0 Å². The number of pyridine rings is 2. The van der Waals surface area contributed by atoms with Crippen LogP contribution in [0.5, 0.6) is 11.5 Å². The summed E-state index contributed by atoms with van der Waals surface area (Å²) in [6.07, 6.45) is 2.39. The van der Waals surface area contributed by atoms with Crippen molar-refractivity contribution in [3.05, 3.63) is 77.9 Å². The van der Waals surface area contributed by atoms with Crippen LogP contribution in [-0.4, -0.2) is 15.7 Å². The molecule has 7 heteroatoms. The van der Waals surface area contributed by atoms with Crippen LogP contribution in [0.25, 0.3) is 0 Å². The molecule has 3 aromatic rings. The smallest absolute Gasteiger partial charge is 0.416 e. The zero-order valence-electron chi connectivity index (χ0n) is 13.4. The Morgan fingerprint density at radius 1 is 0.962 bits per heavy atom. The van der Waals surface area contributed by atoms with E-state index >= 15 is 0 Å². The lowest BCUT2D eigenvalue weighted by molar-refractivity contribution is -0.137. The molecule has 0 unspecified atom stereocenters. The van der Waals surface area contributed by atoms with Crippen molar-refractivity contribution in [2.24, 2.45) is 4.99 Å². The summed E-state index contributed by atoms with van der Waals surface area (Å²) >= 11 is 0. The molecule has 1 aliphatic rings. The molecule has 0 saturated carbocycles. The van der Waals surface area contributed by atoms with Gasteiger partial charge in [-0.3, -0.25) is 15.0 Å². The zero-order valence-corrected chi connectivity index (χ0v) is 13.4. The van der Waals surface area contributed by atoms with E-state index in [1.54, 1.807) is 43.0 Å². The SMILES string of the molecule is FC(F)(F)c1ccc2c(c1)N=C(c1ccncc1Oc1cccnc1)C2. The molecule has 0 fully saturated rings. The molecule has 0 amide bonds. The summed E-state index contributed by atoms with van der Waals surface area (Å²) in [5, 5.41) is 0. The number of aliphatic imine (C=N–C) groups is 1. The van der Waals surface area contributed by atoms with E-state index in [2.05, 4.69) is 15.0 Å². The van der Waals surface area contributed by atoms with E-state index < -0.39 is 11.7 Å². The summed E-state index contributed by atoms with van der Waals surface area (Å²) in [5.41, 5.74) is 1.70. The molecule has 1 aromatic carbocycles. The minimum absolute atomic E-state index is 0.332. The third kappa shape index (κ3) is 3.15. The molecule has 0 radical (unpaired) electrons. The van der Waals surface area contributed by atoms with Crippen LogP contribution in [0.2, 0.25) is 0 Å². The first kappa shape index (κ1) is 16.3. The summed E-state index contributed by atoms with van der Waals surface area (Å²) in [6.45, 7) is 0. The highest BCUT2D eigenvalue weighted by Gasteiger charge is 2.32. The van der Waals surface area contributed by atoms with E-state index in [1.807, 2.05) is 0 Å². The van der Waals surface area contributed by atoms with Gasteiger partial charge in [0.15, 0.2) is 5.75 Å². The Morgan fingerprint density at radius 3 is 2.58 bits per heavy atom. The van der Waals surface area contributed by atoms with Gasteiger partial charge in [-0.05, 0) is 35.9 Å². The van der Waals surface area contributed by atoms with Crippen molar-refractivity contribution < 1.29 is 17.9 Å². The Kier molecular flexibility index (Phi) is 3.91. The van der Waals surface area contributed by atoms with Crippen LogP contribution in [0.1, 0.15) is 16.7 Å². The lowest BCUT2D eigenvalue weighted by Gasteiger charge is -2.10. The Balaban J connectivity index is 1.68. The Labute approximate surface area is 147 Å². The lowest BCUT2D eigenvalue weighted by Crippen LogP contribution is -2.05. The van der Waals surface area contributed by atoms with E-state index in [9.17, 15) is 13.2 Å². The van der Waals surface area contributed by atoms with E-state index in [1.165, 1.54) is 6.07 Å². The van der Waals surface area contributed by atoms with Gasteiger partial charge >= 0.3 is 6.18 Å². The molecule has 0 spiro atoms. The molecule has 0 N–H and O–H groups in total. The number of fused-ring (bicyclic) bond motifs is 1. The standard InChI is InChI=1S/C19H12F3N3O/c20-19(21,22)13-4-3-12-8-17(25-16(12)9-13)15-5-7-24-11-18(15)26-14-2-1-6-23-10-14/h1-7,9-11H,8H2. The van der Waals surface area contributed by atoms with E-state index in [-0.39, 0.29) is 0 Å². The van der Waals surface area contributed by atoms with Gasteiger partial charge in [-0.25, -0.2) is 0 Å². The number of alkyl halides is 3. The predicted octanol–water partition coefficient (Wildman–Crippen LogP) is 4.96. The quantitative estimate of drug-likeness (QED) is 0.667. The monoisotopic (exact) mass is 355 g/mol. The third-order valence-corrected chi connectivity index (χ3v) is 3.98. The van der Waals surface area contributed by atoms with Gasteiger partial charge in [0.25, 0.3) is 0 Å². The number of nitrogens with zero attached hydrogens (tertiary/aromatic N) is 3. The maximum Gasteiger partial charge on any atom is 0.416 e. The Hall–Kier alpha value is -3.22. The topological polar surface area (TPSA) is 47.4 Å². The highest BCUT2D eigenvalue weighted by Crippen LogP contribution is 2.37. The van der Waals surface area contributed by atoms with Crippen molar-refractivity contribution in [1.29, 1.82) is 0 Å². The number of hydrogen-bond donors (Lipinski definition) is 0. The molecular weight excluding hydrogens is 343 g/mol. The summed E-state index contributed by atoms with van der Waals surface area (Å²) < 4.78 is 44.5. The zero-order chi connectivity index (χ0) is 18.1. The van der Waals surface area contributed by atoms with Gasteiger partial charge in [-0.15, -0.1) is 0 Å². The predicted molar refractivity (Wildman–Crippen MR) is 89.9 cm³/mol. The molecule has 4 nitrogen and oxygen atoms in total. The highest BCUT2D eigenvalue weighted by atomic mass is 19.4. The van der Waals surface area contributed by atoms with Crippen molar-refractivity contribution in [2.45, 2.75) is 12.6 Å². The average molecular weight is 355 g/mol. The first-order valence-electron chi connectivity index (χ1n) is 7.81. The maximum atomic E-state index is 12.9. The molecule has 2 aromatic heterocycles. The minimum atomic E-state index is -4.39. The molecule has 4 rings (SSSR count). The van der Waals surface area contributed by atoms with Crippen LogP contribution in [0.4, 0.5) is 18.9 Å². The van der Waals surface area contributed by atoms with Crippen LogP contribution in [0, 0.1) is 0 Å². The highest BCUT2D eigenvalue weighted by molar-refractivity contribution is 6.08. The second-order valence-electron chi connectivity index (χ2n) is 5.74. The normalized spacial score (nSPS) is 13.3. The minimum Gasteiger partial charge on any atom is -0.453 e. The van der Waals surface area contributed by atoms with Crippen LogP contribution < -0.4 is 4.74 Å². The molecule has 0 aliphatic carbocycles. The van der Waals surface area contributed by atoms with Gasteiger partial charge in [0.2, 0.25) is 0 Å². The fourth-order valence-electron chi connectivity index (χ4n) is 2.75. The first-order valence-corrected chi connectivity index (χ1v) is 7.81. The molecule has 3 heterocycles. The number of ether oxygens (including phenoxy) is 1. The van der Waals surface area contributed by atoms with Crippen molar-refractivity contribution >= 4 is 11.4 Å².